The van der Waals surface area contributed by atoms with Gasteiger partial charge in [0.05, 0.1) is 10.6 Å². The highest BCUT2D eigenvalue weighted by atomic mass is 32.2. The van der Waals surface area contributed by atoms with Crippen molar-refractivity contribution in [1.29, 1.82) is 0 Å². The second-order valence-electron chi connectivity index (χ2n) is 4.11. The first kappa shape index (κ1) is 12.8. The Balaban J connectivity index is 2.28. The van der Waals surface area contributed by atoms with Crippen molar-refractivity contribution in [1.82, 2.24) is 15.5 Å². The molecule has 0 atom stereocenters. The number of aromatic nitrogens is 2. The van der Waals surface area contributed by atoms with Gasteiger partial charge in [-0.2, -0.15) is 5.10 Å². The molecule has 0 unspecified atom stereocenters. The summed E-state index contributed by atoms with van der Waals surface area (Å²) in [4.78, 5) is 0.317. The molecular weight excluding hydrogens is 250 g/mol. The lowest BCUT2D eigenvalue weighted by Crippen LogP contribution is -2.04. The molecule has 0 aliphatic heterocycles. The van der Waals surface area contributed by atoms with E-state index in [1.165, 1.54) is 6.26 Å². The van der Waals surface area contributed by atoms with Crippen LogP contribution < -0.4 is 5.32 Å². The van der Waals surface area contributed by atoms with Gasteiger partial charge in [0.2, 0.25) is 0 Å². The molecule has 2 N–H and O–H groups in total. The van der Waals surface area contributed by atoms with Gasteiger partial charge in [-0.05, 0) is 25.2 Å². The first-order chi connectivity index (χ1) is 8.50. The third-order valence-electron chi connectivity index (χ3n) is 2.58. The molecule has 0 saturated carbocycles. The minimum Gasteiger partial charge on any atom is -0.314 e. The molecule has 0 aliphatic rings. The maximum Gasteiger partial charge on any atom is 0.175 e. The van der Waals surface area contributed by atoms with E-state index >= 15 is 0 Å². The minimum atomic E-state index is -3.14. The molecule has 0 spiro atoms. The largest absolute Gasteiger partial charge is 0.314 e. The summed E-state index contributed by atoms with van der Waals surface area (Å²) in [5, 5.41) is 10.1. The van der Waals surface area contributed by atoms with Gasteiger partial charge >= 0.3 is 0 Å². The van der Waals surface area contributed by atoms with Crippen LogP contribution in [0.2, 0.25) is 0 Å². The van der Waals surface area contributed by atoms with Crippen LogP contribution in [0.3, 0.4) is 0 Å². The topological polar surface area (TPSA) is 74.8 Å². The van der Waals surface area contributed by atoms with Crippen molar-refractivity contribution in [2.45, 2.75) is 11.4 Å². The van der Waals surface area contributed by atoms with Crippen molar-refractivity contribution in [3.05, 3.63) is 36.0 Å². The highest BCUT2D eigenvalue weighted by Gasteiger charge is 2.08. The van der Waals surface area contributed by atoms with Gasteiger partial charge in [-0.25, -0.2) is 8.42 Å². The summed E-state index contributed by atoms with van der Waals surface area (Å²) in [6.07, 6.45) is 1.20. The van der Waals surface area contributed by atoms with Gasteiger partial charge in [0.1, 0.15) is 0 Å². The van der Waals surface area contributed by atoms with Gasteiger partial charge < -0.3 is 5.32 Å². The first-order valence-electron chi connectivity index (χ1n) is 5.50. The lowest BCUT2D eigenvalue weighted by molar-refractivity contribution is 0.602. The molecule has 96 valence electrons. The summed E-state index contributed by atoms with van der Waals surface area (Å²) in [6, 6.07) is 8.64. The van der Waals surface area contributed by atoms with Crippen LogP contribution in [0.1, 0.15) is 5.69 Å². The van der Waals surface area contributed by atoms with Crippen molar-refractivity contribution < 1.29 is 8.42 Å². The van der Waals surface area contributed by atoms with Gasteiger partial charge in [-0.1, -0.05) is 12.1 Å². The molecule has 6 heteroatoms. The Hall–Kier alpha value is -1.66. The van der Waals surface area contributed by atoms with E-state index < -0.39 is 9.84 Å². The van der Waals surface area contributed by atoms with Crippen LogP contribution in [0.5, 0.6) is 0 Å². The number of aromatic amines is 1. The van der Waals surface area contributed by atoms with E-state index in [0.717, 1.165) is 17.0 Å². The lowest BCUT2D eigenvalue weighted by Gasteiger charge is -1.99. The van der Waals surface area contributed by atoms with Gasteiger partial charge in [0.15, 0.2) is 9.84 Å². The van der Waals surface area contributed by atoms with E-state index in [1.54, 1.807) is 24.3 Å². The van der Waals surface area contributed by atoms with Crippen molar-refractivity contribution >= 4 is 9.84 Å². The summed E-state index contributed by atoms with van der Waals surface area (Å²) in [5.74, 6) is 0. The van der Waals surface area contributed by atoms with Crippen LogP contribution >= 0.6 is 0 Å². The molecule has 0 bridgehead atoms. The zero-order chi connectivity index (χ0) is 13.2. The zero-order valence-electron chi connectivity index (χ0n) is 10.3. The monoisotopic (exact) mass is 265 g/mol. The summed E-state index contributed by atoms with van der Waals surface area (Å²) in [5.41, 5.74) is 2.68. The maximum absolute atomic E-state index is 11.3. The zero-order valence-corrected chi connectivity index (χ0v) is 11.1. The molecule has 0 aliphatic carbocycles. The Morgan fingerprint density at radius 1 is 1.28 bits per heavy atom. The number of H-pyrrole nitrogens is 1. The van der Waals surface area contributed by atoms with E-state index in [2.05, 4.69) is 15.5 Å². The molecule has 1 aromatic heterocycles. The number of hydrogen-bond acceptors (Lipinski definition) is 4. The summed E-state index contributed by atoms with van der Waals surface area (Å²) in [7, 11) is -1.28. The van der Waals surface area contributed by atoms with Crippen LogP contribution in [-0.4, -0.2) is 31.9 Å². The summed E-state index contributed by atoms with van der Waals surface area (Å²) in [6.45, 7) is 0.717. The second-order valence-corrected chi connectivity index (χ2v) is 6.12. The van der Waals surface area contributed by atoms with Crippen LogP contribution in [0.4, 0.5) is 0 Å². The molecule has 1 aromatic carbocycles. The highest BCUT2D eigenvalue weighted by Crippen LogP contribution is 2.20. The highest BCUT2D eigenvalue weighted by molar-refractivity contribution is 7.90. The fraction of sp³-hybridized carbons (Fsp3) is 0.250. The molecule has 0 radical (unpaired) electrons. The first-order valence-corrected chi connectivity index (χ1v) is 7.39. The van der Waals surface area contributed by atoms with Crippen molar-refractivity contribution in [3.63, 3.8) is 0 Å². The molecule has 2 aromatic rings. The number of rotatable bonds is 4. The molecule has 5 nitrogen and oxygen atoms in total. The maximum atomic E-state index is 11.3. The van der Waals surface area contributed by atoms with Gasteiger partial charge in [0.25, 0.3) is 0 Å². The number of benzene rings is 1. The SMILES string of the molecule is CNCc1cc(-c2ccc(S(C)(=O)=O)cc2)n[nH]1. The van der Waals surface area contributed by atoms with Gasteiger partial charge in [0, 0.05) is 24.1 Å². The Bertz CT molecular complexity index is 630. The number of hydrogen-bond donors (Lipinski definition) is 2. The molecule has 18 heavy (non-hydrogen) atoms. The number of sulfone groups is 1. The Labute approximate surface area is 106 Å². The number of nitrogens with one attached hydrogen (secondary N) is 2. The Morgan fingerprint density at radius 3 is 2.50 bits per heavy atom. The molecule has 0 saturated heterocycles. The van der Waals surface area contributed by atoms with Crippen molar-refractivity contribution in [3.8, 4) is 11.3 Å². The van der Waals surface area contributed by atoms with E-state index in [1.807, 2.05) is 13.1 Å². The average Bonchev–Trinajstić information content (AvgIpc) is 2.77. The number of nitrogens with zero attached hydrogens (tertiary/aromatic N) is 1. The van der Waals surface area contributed by atoms with Crippen LogP contribution in [0.25, 0.3) is 11.3 Å². The lowest BCUT2D eigenvalue weighted by atomic mass is 10.1. The third-order valence-corrected chi connectivity index (χ3v) is 3.70. The summed E-state index contributed by atoms with van der Waals surface area (Å²) < 4.78 is 22.7. The quantitative estimate of drug-likeness (QED) is 0.871. The molecule has 0 amide bonds. The van der Waals surface area contributed by atoms with Crippen molar-refractivity contribution in [2.75, 3.05) is 13.3 Å². The smallest absolute Gasteiger partial charge is 0.175 e. The van der Waals surface area contributed by atoms with E-state index in [0.29, 0.717) is 11.4 Å². The van der Waals surface area contributed by atoms with Crippen LogP contribution in [-0.2, 0) is 16.4 Å². The molecule has 1 heterocycles. The molecular formula is C12H15N3O2S. The fourth-order valence-electron chi connectivity index (χ4n) is 1.66. The van der Waals surface area contributed by atoms with Crippen LogP contribution in [0.15, 0.2) is 35.2 Å². The molecule has 2 rings (SSSR count). The average molecular weight is 265 g/mol. The predicted octanol–water partition coefficient (Wildman–Crippen LogP) is 1.20. The van der Waals surface area contributed by atoms with Gasteiger partial charge in [-0.15, -0.1) is 0 Å². The normalized spacial score (nSPS) is 11.7. The standard InChI is InChI=1S/C12H15N3O2S/c1-13-8-10-7-12(15-14-10)9-3-5-11(6-4-9)18(2,16)17/h3-7,13H,8H2,1-2H3,(H,14,15). The fourth-order valence-corrected chi connectivity index (χ4v) is 2.29. The Kier molecular flexibility index (Phi) is 3.49. The summed E-state index contributed by atoms with van der Waals surface area (Å²) >= 11 is 0. The third kappa shape index (κ3) is 2.77. The Morgan fingerprint density at radius 2 is 1.94 bits per heavy atom. The van der Waals surface area contributed by atoms with E-state index in [4.69, 9.17) is 0 Å². The second kappa shape index (κ2) is 4.91. The van der Waals surface area contributed by atoms with E-state index in [-0.39, 0.29) is 0 Å². The molecule has 0 fully saturated rings. The van der Waals surface area contributed by atoms with E-state index in [9.17, 15) is 8.42 Å². The van der Waals surface area contributed by atoms with Crippen molar-refractivity contribution in [2.24, 2.45) is 0 Å². The van der Waals surface area contributed by atoms with Gasteiger partial charge in [-0.3, -0.25) is 5.10 Å². The predicted molar refractivity (Wildman–Crippen MR) is 69.9 cm³/mol. The minimum absolute atomic E-state index is 0.317. The van der Waals surface area contributed by atoms with Crippen LogP contribution in [0, 0.1) is 0 Å².